The number of aromatic nitrogens is 2. The Kier molecular flexibility index (Phi) is 8.95. The maximum absolute atomic E-state index is 17.6. The zero-order valence-electron chi connectivity index (χ0n) is 32.2. The number of piperazine rings is 1. The van der Waals surface area contributed by atoms with Gasteiger partial charge in [-0.2, -0.15) is 9.97 Å². The molecule has 11 nitrogen and oxygen atoms in total. The standard InChI is InChI=1S/C42H49F2N5O6/c1-6-24-9-7-10-25-15-28(54-23-51-5)16-29(34(24)25)30-17-33-35-37(36(30)44)45-39(53-22-42-13-8-14-47(42)19-26(43)18-42)46-38(35)48-20-27-11-12-31(32(48)21-52-33)49(27)40(50)55-41(2,3)4/h7,9-10,15-17,26-27,31-32H,6,8,11-14,18-23H2,1-5H3/t26-,27?,31?,32?,42+/m1/s1. The van der Waals surface area contributed by atoms with Gasteiger partial charge in [0.2, 0.25) is 0 Å². The highest BCUT2D eigenvalue weighted by molar-refractivity contribution is 6.05. The van der Waals surface area contributed by atoms with Gasteiger partial charge in [0, 0.05) is 32.2 Å². The lowest BCUT2D eigenvalue weighted by Gasteiger charge is -2.46. The third kappa shape index (κ3) is 6.18. The van der Waals surface area contributed by atoms with Gasteiger partial charge in [-0.15, -0.1) is 0 Å². The number of hydrogen-bond donors (Lipinski definition) is 0. The minimum atomic E-state index is -0.922. The molecule has 55 heavy (non-hydrogen) atoms. The molecule has 13 heteroatoms. The fourth-order valence-corrected chi connectivity index (χ4v) is 9.89. The zero-order chi connectivity index (χ0) is 38.2. The number of hydrogen-bond acceptors (Lipinski definition) is 10. The van der Waals surface area contributed by atoms with Crippen molar-refractivity contribution >= 4 is 33.6 Å². The van der Waals surface area contributed by atoms with Crippen molar-refractivity contribution in [1.82, 2.24) is 19.8 Å². The van der Waals surface area contributed by atoms with E-state index < -0.39 is 23.1 Å². The zero-order valence-corrected chi connectivity index (χ0v) is 32.2. The number of amides is 1. The van der Waals surface area contributed by atoms with Gasteiger partial charge in [-0.3, -0.25) is 9.80 Å². The number of benzene rings is 3. The monoisotopic (exact) mass is 757 g/mol. The van der Waals surface area contributed by atoms with E-state index >= 15 is 4.39 Å². The highest BCUT2D eigenvalue weighted by atomic mass is 19.1. The predicted octanol–water partition coefficient (Wildman–Crippen LogP) is 7.44. The summed E-state index contributed by atoms with van der Waals surface area (Å²) in [6.07, 6.45) is 3.20. The minimum Gasteiger partial charge on any atom is -0.490 e. The van der Waals surface area contributed by atoms with Gasteiger partial charge in [0.1, 0.15) is 47.8 Å². The van der Waals surface area contributed by atoms with Crippen LogP contribution in [0.4, 0.5) is 19.4 Å². The maximum atomic E-state index is 17.6. The normalized spacial score (nSPS) is 25.9. The van der Waals surface area contributed by atoms with Gasteiger partial charge in [-0.05, 0) is 99.5 Å². The molecule has 1 amide bonds. The number of alkyl halides is 1. The van der Waals surface area contributed by atoms with Gasteiger partial charge < -0.3 is 28.6 Å². The molecule has 0 N–H and O–H groups in total. The van der Waals surface area contributed by atoms with Crippen LogP contribution < -0.4 is 19.1 Å². The van der Waals surface area contributed by atoms with E-state index in [1.54, 1.807) is 13.2 Å². The predicted molar refractivity (Wildman–Crippen MR) is 204 cm³/mol. The second-order valence-electron chi connectivity index (χ2n) is 16.8. The van der Waals surface area contributed by atoms with Crippen molar-refractivity contribution in [1.29, 1.82) is 0 Å². The Hall–Kier alpha value is -4.49. The fourth-order valence-electron chi connectivity index (χ4n) is 9.89. The Morgan fingerprint density at radius 1 is 1.05 bits per heavy atom. The van der Waals surface area contributed by atoms with Gasteiger partial charge in [0.25, 0.3) is 0 Å². The Balaban J connectivity index is 1.20. The van der Waals surface area contributed by atoms with Gasteiger partial charge in [0.05, 0.1) is 29.1 Å². The molecular weight excluding hydrogens is 708 g/mol. The van der Waals surface area contributed by atoms with Crippen LogP contribution >= 0.6 is 0 Å². The quantitative estimate of drug-likeness (QED) is 0.169. The van der Waals surface area contributed by atoms with Gasteiger partial charge in [-0.1, -0.05) is 25.1 Å². The van der Waals surface area contributed by atoms with Crippen LogP contribution in [0.3, 0.4) is 0 Å². The van der Waals surface area contributed by atoms with E-state index in [-0.39, 0.29) is 55.8 Å². The summed E-state index contributed by atoms with van der Waals surface area (Å²) >= 11 is 0. The molecule has 292 valence electrons. The number of carbonyl (C=O) groups is 1. The number of fused-ring (bicyclic) bond motifs is 7. The number of rotatable bonds is 8. The third-order valence-electron chi connectivity index (χ3n) is 12.2. The molecule has 0 aliphatic carbocycles. The second-order valence-corrected chi connectivity index (χ2v) is 16.8. The summed E-state index contributed by atoms with van der Waals surface area (Å²) < 4.78 is 62.6. The SMILES string of the molecule is CCc1cccc2cc(OCOC)cc(-c3cc4c5c(nc(OC[C@@]67CCCN6C[C@H](F)C7)nc5c3F)N3CC5CCC(C3CO4)N5C(=O)OC(C)(C)C)c12. The van der Waals surface area contributed by atoms with Crippen molar-refractivity contribution in [3.63, 3.8) is 0 Å². The summed E-state index contributed by atoms with van der Waals surface area (Å²) in [6, 6.07) is 11.0. The average molecular weight is 758 g/mol. The van der Waals surface area contributed by atoms with Crippen LogP contribution in [0.25, 0.3) is 32.8 Å². The fraction of sp³-hybridized carbons (Fsp3) is 0.548. The van der Waals surface area contributed by atoms with Crippen LogP contribution in [0.5, 0.6) is 17.5 Å². The lowest BCUT2D eigenvalue weighted by atomic mass is 9.92. The van der Waals surface area contributed by atoms with E-state index in [1.165, 1.54) is 0 Å². The molecule has 2 bridgehead atoms. The summed E-state index contributed by atoms with van der Waals surface area (Å²) in [5.74, 6) is 0.959. The molecule has 4 aromatic rings. The van der Waals surface area contributed by atoms with Crippen molar-refractivity contribution < 1.29 is 37.3 Å². The molecule has 5 aliphatic rings. The largest absolute Gasteiger partial charge is 0.490 e. The smallest absolute Gasteiger partial charge is 0.410 e. The third-order valence-corrected chi connectivity index (χ3v) is 12.2. The van der Waals surface area contributed by atoms with E-state index in [0.717, 1.165) is 55.0 Å². The first-order chi connectivity index (χ1) is 26.5. The molecule has 0 radical (unpaired) electrons. The summed E-state index contributed by atoms with van der Waals surface area (Å²) in [6.45, 7) is 9.83. The van der Waals surface area contributed by atoms with Crippen molar-refractivity contribution in [2.24, 2.45) is 0 Å². The van der Waals surface area contributed by atoms with Crippen LogP contribution in [-0.4, -0.2) is 108 Å². The first kappa shape index (κ1) is 36.2. The molecule has 4 saturated heterocycles. The lowest BCUT2D eigenvalue weighted by molar-refractivity contribution is 0.00544. The van der Waals surface area contributed by atoms with Crippen molar-refractivity contribution in [3.8, 4) is 28.6 Å². The molecule has 0 spiro atoms. The Morgan fingerprint density at radius 2 is 1.91 bits per heavy atom. The van der Waals surface area contributed by atoms with E-state index in [1.807, 2.05) is 49.9 Å². The van der Waals surface area contributed by atoms with Gasteiger partial charge in [0.15, 0.2) is 12.6 Å². The maximum Gasteiger partial charge on any atom is 0.410 e. The Morgan fingerprint density at radius 3 is 2.71 bits per heavy atom. The first-order valence-electron chi connectivity index (χ1n) is 19.6. The van der Waals surface area contributed by atoms with E-state index in [4.69, 9.17) is 33.7 Å². The summed E-state index contributed by atoms with van der Waals surface area (Å²) in [7, 11) is 1.56. The highest BCUT2D eigenvalue weighted by Crippen LogP contribution is 2.48. The van der Waals surface area contributed by atoms with E-state index in [0.29, 0.717) is 53.3 Å². The molecule has 0 saturated carbocycles. The number of methoxy groups -OCH3 is 1. The summed E-state index contributed by atoms with van der Waals surface area (Å²) in [5.41, 5.74) is 0.992. The number of aryl methyl sites for hydroxylation is 1. The van der Waals surface area contributed by atoms with Crippen LogP contribution in [0, 0.1) is 5.82 Å². The van der Waals surface area contributed by atoms with Crippen LogP contribution in [0.2, 0.25) is 0 Å². The Bertz CT molecular complexity index is 2160. The second kappa shape index (κ2) is 13.6. The molecule has 3 aromatic carbocycles. The van der Waals surface area contributed by atoms with Crippen molar-refractivity contribution in [2.45, 2.75) is 102 Å². The molecular formula is C42H49F2N5O6. The molecule has 9 rings (SSSR count). The Labute approximate surface area is 319 Å². The molecule has 4 fully saturated rings. The topological polar surface area (TPSA) is 98.7 Å². The lowest BCUT2D eigenvalue weighted by Crippen LogP contribution is -2.63. The summed E-state index contributed by atoms with van der Waals surface area (Å²) in [5, 5.41) is 2.27. The van der Waals surface area contributed by atoms with E-state index in [9.17, 15) is 9.18 Å². The number of anilines is 1. The molecule has 5 atom stereocenters. The van der Waals surface area contributed by atoms with Crippen LogP contribution in [0.1, 0.15) is 65.4 Å². The molecule has 5 aliphatic heterocycles. The van der Waals surface area contributed by atoms with Gasteiger partial charge in [-0.25, -0.2) is 13.6 Å². The van der Waals surface area contributed by atoms with E-state index in [2.05, 4.69) is 22.8 Å². The van der Waals surface area contributed by atoms with Crippen LogP contribution in [-0.2, 0) is 15.9 Å². The number of halogens is 2. The number of ether oxygens (including phenoxy) is 5. The molecule has 3 unspecified atom stereocenters. The first-order valence-corrected chi connectivity index (χ1v) is 19.6. The minimum absolute atomic E-state index is 0.0338. The summed E-state index contributed by atoms with van der Waals surface area (Å²) in [4.78, 5) is 29.7. The van der Waals surface area contributed by atoms with Crippen molar-refractivity contribution in [2.75, 3.05) is 51.7 Å². The van der Waals surface area contributed by atoms with Gasteiger partial charge >= 0.3 is 12.1 Å². The molecule has 6 heterocycles. The van der Waals surface area contributed by atoms with Crippen molar-refractivity contribution in [3.05, 3.63) is 47.8 Å². The highest BCUT2D eigenvalue weighted by Gasteiger charge is 2.52. The molecule has 1 aromatic heterocycles. The van der Waals surface area contributed by atoms with Crippen LogP contribution in [0.15, 0.2) is 36.4 Å². The number of nitrogens with zero attached hydrogens (tertiary/aromatic N) is 5. The average Bonchev–Trinajstić information content (AvgIpc) is 3.76. The number of carbonyl (C=O) groups excluding carboxylic acids is 1.